The van der Waals surface area contributed by atoms with Crippen molar-refractivity contribution in [3.8, 4) is 11.3 Å². The minimum atomic E-state index is -0.210. The van der Waals surface area contributed by atoms with Crippen LogP contribution in [-0.2, 0) is 4.79 Å². The highest BCUT2D eigenvalue weighted by atomic mass is 16.2. The molecule has 0 spiro atoms. The first-order chi connectivity index (χ1) is 11.6. The Hall–Kier alpha value is -3.41. The molecule has 3 rings (SSSR count). The molecule has 1 heterocycles. The van der Waals surface area contributed by atoms with Crippen molar-refractivity contribution < 1.29 is 9.59 Å². The molecular weight excluding hydrogens is 304 g/mol. The molecule has 1 aromatic heterocycles. The van der Waals surface area contributed by atoms with Gasteiger partial charge in [-0.15, -0.1) is 0 Å². The fraction of sp³-hybridized carbons (Fsp3) is 0.0556. The lowest BCUT2D eigenvalue weighted by Gasteiger charge is -2.07. The van der Waals surface area contributed by atoms with E-state index >= 15 is 0 Å². The lowest BCUT2D eigenvalue weighted by Crippen LogP contribution is -2.12. The second-order valence-electron chi connectivity index (χ2n) is 5.26. The van der Waals surface area contributed by atoms with Crippen molar-refractivity contribution in [1.29, 1.82) is 0 Å². The van der Waals surface area contributed by atoms with Crippen LogP contribution in [0.15, 0.2) is 61.1 Å². The molecule has 0 saturated heterocycles. The molecule has 0 saturated carbocycles. The first kappa shape index (κ1) is 15.5. The van der Waals surface area contributed by atoms with Gasteiger partial charge in [-0.05, 0) is 42.0 Å². The van der Waals surface area contributed by atoms with Gasteiger partial charge in [0.2, 0.25) is 5.91 Å². The number of carbonyl (C=O) groups excluding carboxylic acids is 2. The number of nitrogens with one attached hydrogen (secondary N) is 3. The molecule has 2 amide bonds. The smallest absolute Gasteiger partial charge is 0.255 e. The molecule has 3 aromatic rings. The van der Waals surface area contributed by atoms with Gasteiger partial charge in [0, 0.05) is 23.9 Å². The Bertz CT molecular complexity index is 838. The normalized spacial score (nSPS) is 10.2. The van der Waals surface area contributed by atoms with Crippen LogP contribution in [0.5, 0.6) is 0 Å². The zero-order valence-corrected chi connectivity index (χ0v) is 13.0. The van der Waals surface area contributed by atoms with Crippen LogP contribution in [0.25, 0.3) is 11.3 Å². The molecule has 0 aliphatic heterocycles. The van der Waals surface area contributed by atoms with Gasteiger partial charge in [-0.2, -0.15) is 0 Å². The third-order valence-electron chi connectivity index (χ3n) is 3.42. The van der Waals surface area contributed by atoms with Crippen LogP contribution in [-0.4, -0.2) is 21.8 Å². The molecular formula is C18H16N4O2. The fourth-order valence-corrected chi connectivity index (χ4v) is 2.26. The van der Waals surface area contributed by atoms with E-state index in [1.165, 1.54) is 6.92 Å². The molecule has 0 atom stereocenters. The van der Waals surface area contributed by atoms with Gasteiger partial charge >= 0.3 is 0 Å². The fourth-order valence-electron chi connectivity index (χ4n) is 2.26. The predicted molar refractivity (Wildman–Crippen MR) is 92.7 cm³/mol. The number of nitrogens with zero attached hydrogens (tertiary/aromatic N) is 1. The second-order valence-corrected chi connectivity index (χ2v) is 5.26. The summed E-state index contributed by atoms with van der Waals surface area (Å²) in [6, 6.07) is 14.2. The summed E-state index contributed by atoms with van der Waals surface area (Å²) < 4.78 is 0. The van der Waals surface area contributed by atoms with Crippen molar-refractivity contribution in [2.45, 2.75) is 6.92 Å². The van der Waals surface area contributed by atoms with E-state index in [1.807, 2.05) is 24.3 Å². The first-order valence-corrected chi connectivity index (χ1v) is 7.39. The summed E-state index contributed by atoms with van der Waals surface area (Å²) >= 11 is 0. The highest BCUT2D eigenvalue weighted by Gasteiger charge is 2.07. The number of H-pyrrole nitrogens is 1. The van der Waals surface area contributed by atoms with E-state index < -0.39 is 0 Å². The van der Waals surface area contributed by atoms with Crippen LogP contribution in [0.3, 0.4) is 0 Å². The minimum absolute atomic E-state index is 0.149. The molecule has 2 aromatic carbocycles. The molecule has 0 aliphatic rings. The third-order valence-corrected chi connectivity index (χ3v) is 3.42. The van der Waals surface area contributed by atoms with Crippen LogP contribution in [0, 0.1) is 0 Å². The Labute approximate surface area is 138 Å². The van der Waals surface area contributed by atoms with E-state index in [1.54, 1.807) is 36.8 Å². The van der Waals surface area contributed by atoms with Crippen LogP contribution in [0.1, 0.15) is 17.3 Å². The molecule has 6 nitrogen and oxygen atoms in total. The van der Waals surface area contributed by atoms with Crippen LogP contribution in [0.2, 0.25) is 0 Å². The maximum atomic E-state index is 12.2. The Kier molecular flexibility index (Phi) is 4.38. The molecule has 6 heteroatoms. The zero-order valence-electron chi connectivity index (χ0n) is 13.0. The number of carbonyl (C=O) groups is 2. The molecule has 3 N–H and O–H groups in total. The molecule has 120 valence electrons. The maximum Gasteiger partial charge on any atom is 0.255 e. The lowest BCUT2D eigenvalue weighted by molar-refractivity contribution is -0.114. The molecule has 0 unspecified atom stereocenters. The molecule has 0 radical (unpaired) electrons. The number of amides is 2. The Morgan fingerprint density at radius 1 is 0.917 bits per heavy atom. The Balaban J connectivity index is 1.67. The van der Waals surface area contributed by atoms with E-state index in [0.29, 0.717) is 16.9 Å². The van der Waals surface area contributed by atoms with E-state index in [0.717, 1.165) is 11.3 Å². The molecule has 0 fully saturated rings. The average Bonchev–Trinajstić information content (AvgIpc) is 3.10. The van der Waals surface area contributed by atoms with Crippen molar-refractivity contribution in [1.82, 2.24) is 9.97 Å². The predicted octanol–water partition coefficient (Wildman–Crippen LogP) is 3.29. The number of hydrogen-bond acceptors (Lipinski definition) is 3. The Morgan fingerprint density at radius 2 is 1.54 bits per heavy atom. The van der Waals surface area contributed by atoms with Crippen molar-refractivity contribution in [2.24, 2.45) is 0 Å². The van der Waals surface area contributed by atoms with Crippen molar-refractivity contribution in [2.75, 3.05) is 10.6 Å². The molecule has 0 aliphatic carbocycles. The lowest BCUT2D eigenvalue weighted by atomic mass is 10.1. The summed E-state index contributed by atoms with van der Waals surface area (Å²) in [4.78, 5) is 30.2. The summed E-state index contributed by atoms with van der Waals surface area (Å²) in [5.41, 5.74) is 3.78. The number of imidazole rings is 1. The van der Waals surface area contributed by atoms with Gasteiger partial charge in [0.15, 0.2) is 0 Å². The van der Waals surface area contributed by atoms with Crippen LogP contribution < -0.4 is 10.6 Å². The topological polar surface area (TPSA) is 86.9 Å². The van der Waals surface area contributed by atoms with Crippen molar-refractivity contribution >= 4 is 23.2 Å². The maximum absolute atomic E-state index is 12.2. The number of rotatable bonds is 4. The largest absolute Gasteiger partial charge is 0.345 e. The summed E-state index contributed by atoms with van der Waals surface area (Å²) in [7, 11) is 0. The van der Waals surface area contributed by atoms with E-state index in [4.69, 9.17) is 0 Å². The number of hydrogen-bond donors (Lipinski definition) is 3. The highest BCUT2D eigenvalue weighted by Crippen LogP contribution is 2.19. The van der Waals surface area contributed by atoms with E-state index in [2.05, 4.69) is 20.6 Å². The second kappa shape index (κ2) is 6.78. The standard InChI is InChI=1S/C18H16N4O2/c1-12(23)21-15-8-4-14(5-9-15)18(24)22-16-6-2-13(3-7-16)17-10-19-11-20-17/h2-11H,1H3,(H,19,20)(H,21,23)(H,22,24). The minimum Gasteiger partial charge on any atom is -0.345 e. The summed E-state index contributed by atoms with van der Waals surface area (Å²) in [6.07, 6.45) is 3.36. The molecule has 0 bridgehead atoms. The van der Waals surface area contributed by atoms with Crippen LogP contribution >= 0.6 is 0 Å². The monoisotopic (exact) mass is 320 g/mol. The SMILES string of the molecule is CC(=O)Nc1ccc(C(=O)Nc2ccc(-c3cnc[nH]3)cc2)cc1. The highest BCUT2D eigenvalue weighted by molar-refractivity contribution is 6.04. The van der Waals surface area contributed by atoms with Crippen molar-refractivity contribution in [3.05, 3.63) is 66.6 Å². The Morgan fingerprint density at radius 3 is 2.12 bits per heavy atom. The van der Waals surface area contributed by atoms with E-state index in [-0.39, 0.29) is 11.8 Å². The van der Waals surface area contributed by atoms with Gasteiger partial charge in [0.1, 0.15) is 0 Å². The number of benzene rings is 2. The van der Waals surface area contributed by atoms with Gasteiger partial charge in [0.05, 0.1) is 18.2 Å². The van der Waals surface area contributed by atoms with E-state index in [9.17, 15) is 9.59 Å². The van der Waals surface area contributed by atoms with Gasteiger partial charge in [-0.25, -0.2) is 4.98 Å². The van der Waals surface area contributed by atoms with Gasteiger partial charge in [-0.1, -0.05) is 12.1 Å². The summed E-state index contributed by atoms with van der Waals surface area (Å²) in [5, 5.41) is 5.50. The van der Waals surface area contributed by atoms with Gasteiger partial charge in [-0.3, -0.25) is 9.59 Å². The first-order valence-electron chi connectivity index (χ1n) is 7.39. The zero-order chi connectivity index (χ0) is 16.9. The van der Waals surface area contributed by atoms with Crippen LogP contribution in [0.4, 0.5) is 11.4 Å². The third kappa shape index (κ3) is 3.67. The van der Waals surface area contributed by atoms with Crippen molar-refractivity contribution in [3.63, 3.8) is 0 Å². The number of aromatic nitrogens is 2. The van der Waals surface area contributed by atoms with Gasteiger partial charge < -0.3 is 15.6 Å². The quantitative estimate of drug-likeness (QED) is 0.689. The summed E-state index contributed by atoms with van der Waals surface area (Å²) in [6.45, 7) is 1.44. The summed E-state index contributed by atoms with van der Waals surface area (Å²) in [5.74, 6) is -0.358. The number of anilines is 2. The molecule has 24 heavy (non-hydrogen) atoms. The average molecular weight is 320 g/mol. The number of aromatic amines is 1. The van der Waals surface area contributed by atoms with Gasteiger partial charge in [0.25, 0.3) is 5.91 Å².